The topological polar surface area (TPSA) is 110 Å². The first-order valence-corrected chi connectivity index (χ1v) is 16.3. The maximum atomic E-state index is 13.4. The number of H-pyrrole nitrogens is 1. The third-order valence-corrected chi connectivity index (χ3v) is 7.88. The van der Waals surface area contributed by atoms with Crippen LogP contribution in [0.5, 0.6) is 0 Å². The molecule has 2 aromatic heterocycles. The zero-order chi connectivity index (χ0) is 27.4. The molecule has 0 atom stereocenters. The fourth-order valence-electron chi connectivity index (χ4n) is 4.09. The van der Waals surface area contributed by atoms with Gasteiger partial charge < -0.3 is 15.4 Å². The Morgan fingerprint density at radius 1 is 1.00 bits per heavy atom. The third kappa shape index (κ3) is 6.56. The quantitative estimate of drug-likeness (QED) is 0.144. The fraction of sp³-hybridized carbons (Fsp3) is 0.214. The van der Waals surface area contributed by atoms with Gasteiger partial charge in [-0.15, -0.1) is 0 Å². The van der Waals surface area contributed by atoms with Gasteiger partial charge in [0, 0.05) is 31.4 Å². The molecule has 2 amide bonds. The van der Waals surface area contributed by atoms with E-state index in [1.165, 1.54) is 18.2 Å². The summed E-state index contributed by atoms with van der Waals surface area (Å²) in [6, 6.07) is 20.0. The zero-order valence-corrected chi connectivity index (χ0v) is 23.0. The number of halogens is 1. The van der Waals surface area contributed by atoms with Gasteiger partial charge >= 0.3 is 6.03 Å². The molecule has 39 heavy (non-hydrogen) atoms. The molecule has 200 valence electrons. The van der Waals surface area contributed by atoms with E-state index in [0.717, 1.165) is 33.8 Å². The Morgan fingerprint density at radius 2 is 1.77 bits per heavy atom. The second-order valence-corrected chi connectivity index (χ2v) is 16.1. The van der Waals surface area contributed by atoms with Gasteiger partial charge in [0.2, 0.25) is 0 Å². The van der Waals surface area contributed by atoms with E-state index in [2.05, 4.69) is 51.8 Å². The van der Waals surface area contributed by atoms with Gasteiger partial charge in [-0.25, -0.2) is 13.9 Å². The first-order valence-electron chi connectivity index (χ1n) is 12.6. The molecule has 9 nitrogen and oxygen atoms in total. The molecule has 3 N–H and O–H groups in total. The van der Waals surface area contributed by atoms with Crippen LogP contribution in [-0.4, -0.2) is 45.9 Å². The molecule has 2 heterocycles. The summed E-state index contributed by atoms with van der Waals surface area (Å²) in [4.78, 5) is 12.3. The van der Waals surface area contributed by atoms with Crippen molar-refractivity contribution in [2.75, 3.05) is 17.2 Å². The molecule has 0 bridgehead atoms. The number of carbonyl (C=O) groups excluding carboxylic acids is 1. The Morgan fingerprint density at radius 3 is 2.49 bits per heavy atom. The van der Waals surface area contributed by atoms with Crippen LogP contribution in [0, 0.1) is 5.82 Å². The van der Waals surface area contributed by atoms with Gasteiger partial charge in [0.15, 0.2) is 0 Å². The number of aromatic nitrogens is 5. The number of aromatic amines is 1. The summed E-state index contributed by atoms with van der Waals surface area (Å²) in [6.45, 7) is 8.01. The normalized spacial score (nSPS) is 11.6. The zero-order valence-electron chi connectivity index (χ0n) is 22.0. The molecule has 0 spiro atoms. The van der Waals surface area contributed by atoms with E-state index in [-0.39, 0.29) is 0 Å². The minimum Gasteiger partial charge on any atom is -0.360 e. The number of nitrogens with one attached hydrogen (secondary N) is 3. The van der Waals surface area contributed by atoms with E-state index in [9.17, 15) is 9.18 Å². The van der Waals surface area contributed by atoms with Crippen LogP contribution in [0.15, 0.2) is 72.9 Å². The van der Waals surface area contributed by atoms with E-state index in [1.807, 2.05) is 41.1 Å². The van der Waals surface area contributed by atoms with Gasteiger partial charge in [-0.3, -0.25) is 0 Å². The van der Waals surface area contributed by atoms with Crippen LogP contribution < -0.4 is 10.6 Å². The Labute approximate surface area is 226 Å². The second-order valence-electron chi connectivity index (χ2n) is 10.5. The predicted octanol–water partition coefficient (Wildman–Crippen LogP) is 6.58. The lowest BCUT2D eigenvalue weighted by Crippen LogP contribution is -2.22. The molecular formula is C28H30FN7O2Si. The number of urea groups is 1. The van der Waals surface area contributed by atoms with E-state index >= 15 is 0 Å². The Balaban J connectivity index is 1.35. The van der Waals surface area contributed by atoms with E-state index < -0.39 is 19.9 Å². The van der Waals surface area contributed by atoms with Gasteiger partial charge in [-0.1, -0.05) is 43.9 Å². The molecule has 0 unspecified atom stereocenters. The van der Waals surface area contributed by atoms with Crippen molar-refractivity contribution in [1.29, 1.82) is 0 Å². The molecule has 5 aromatic rings. The van der Waals surface area contributed by atoms with Crippen molar-refractivity contribution in [3.63, 3.8) is 0 Å². The number of amides is 2. The molecular weight excluding hydrogens is 513 g/mol. The lowest BCUT2D eigenvalue weighted by Gasteiger charge is -2.15. The Kier molecular flexibility index (Phi) is 7.53. The third-order valence-electron chi connectivity index (χ3n) is 6.18. The van der Waals surface area contributed by atoms with Gasteiger partial charge in [0.05, 0.1) is 11.7 Å². The van der Waals surface area contributed by atoms with E-state index in [4.69, 9.17) is 9.84 Å². The largest absolute Gasteiger partial charge is 0.360 e. The molecule has 3 aromatic carbocycles. The van der Waals surface area contributed by atoms with E-state index in [1.54, 1.807) is 12.3 Å². The summed E-state index contributed by atoms with van der Waals surface area (Å²) in [5.74, 6) is -0.415. The highest BCUT2D eigenvalue weighted by atomic mass is 28.3. The number of ether oxygens (including phenoxy) is 1. The predicted molar refractivity (Wildman–Crippen MR) is 154 cm³/mol. The maximum Gasteiger partial charge on any atom is 0.323 e. The highest BCUT2D eigenvalue weighted by molar-refractivity contribution is 6.76. The van der Waals surface area contributed by atoms with Crippen molar-refractivity contribution in [3.8, 4) is 22.5 Å². The van der Waals surface area contributed by atoms with Crippen LogP contribution >= 0.6 is 0 Å². The van der Waals surface area contributed by atoms with Crippen LogP contribution in [0.25, 0.3) is 33.4 Å². The van der Waals surface area contributed by atoms with Crippen molar-refractivity contribution in [2.45, 2.75) is 32.4 Å². The van der Waals surface area contributed by atoms with Gasteiger partial charge in [-0.05, 0) is 59.6 Å². The van der Waals surface area contributed by atoms with E-state index in [0.29, 0.717) is 30.4 Å². The van der Waals surface area contributed by atoms with Gasteiger partial charge in [0.25, 0.3) is 0 Å². The Hall–Kier alpha value is -4.35. The lowest BCUT2D eigenvalue weighted by atomic mass is 10.0. The number of anilines is 2. The smallest absolute Gasteiger partial charge is 0.323 e. The molecule has 0 aliphatic rings. The standard InChI is InChI=1S/C28H30FN7O2Si/c1-39(2,3)14-13-38-18-36-26-15-20(9-12-24(26)27(34-36)25-17-30-35-33-25)19-7-10-22(11-8-19)31-28(37)32-23-6-4-5-21(29)16-23/h4-12,15-17H,13-14,18H2,1-3H3,(H,30,33,35)(H2,31,32,37). The number of nitrogens with zero attached hydrogens (tertiary/aromatic N) is 4. The molecule has 0 aliphatic heterocycles. The summed E-state index contributed by atoms with van der Waals surface area (Å²) < 4.78 is 21.2. The highest BCUT2D eigenvalue weighted by Crippen LogP contribution is 2.31. The maximum absolute atomic E-state index is 13.4. The second kappa shape index (κ2) is 11.2. The summed E-state index contributed by atoms with van der Waals surface area (Å²) in [5.41, 5.74) is 5.29. The molecule has 11 heteroatoms. The first kappa shape index (κ1) is 26.3. The first-order chi connectivity index (χ1) is 18.7. The summed E-state index contributed by atoms with van der Waals surface area (Å²) in [7, 11) is -1.20. The average molecular weight is 544 g/mol. The van der Waals surface area contributed by atoms with Crippen LogP contribution in [0.1, 0.15) is 0 Å². The van der Waals surface area contributed by atoms with Crippen LogP contribution in [0.3, 0.4) is 0 Å². The summed E-state index contributed by atoms with van der Waals surface area (Å²) in [6.07, 6.45) is 1.66. The monoisotopic (exact) mass is 543 g/mol. The van der Waals surface area contributed by atoms with Crippen molar-refractivity contribution < 1.29 is 13.9 Å². The molecule has 0 fully saturated rings. The van der Waals surface area contributed by atoms with Crippen molar-refractivity contribution in [3.05, 3.63) is 78.7 Å². The minimum absolute atomic E-state index is 0.339. The minimum atomic E-state index is -1.20. The van der Waals surface area contributed by atoms with Crippen LogP contribution in [0.4, 0.5) is 20.6 Å². The summed E-state index contributed by atoms with van der Waals surface area (Å²) >= 11 is 0. The molecule has 0 saturated heterocycles. The molecule has 0 aliphatic carbocycles. The number of benzene rings is 3. The van der Waals surface area contributed by atoms with Crippen molar-refractivity contribution in [2.24, 2.45) is 0 Å². The van der Waals surface area contributed by atoms with Gasteiger partial charge in [-0.2, -0.15) is 20.5 Å². The van der Waals surface area contributed by atoms with Crippen LogP contribution in [0.2, 0.25) is 25.7 Å². The molecule has 0 saturated carbocycles. The lowest BCUT2D eigenvalue weighted by molar-refractivity contribution is 0.0818. The fourth-order valence-corrected chi connectivity index (χ4v) is 4.85. The van der Waals surface area contributed by atoms with Crippen LogP contribution in [-0.2, 0) is 11.5 Å². The van der Waals surface area contributed by atoms with Crippen molar-refractivity contribution in [1.82, 2.24) is 25.2 Å². The highest BCUT2D eigenvalue weighted by Gasteiger charge is 2.17. The average Bonchev–Trinajstić information content (AvgIpc) is 3.54. The number of hydrogen-bond acceptors (Lipinski definition) is 5. The van der Waals surface area contributed by atoms with Crippen molar-refractivity contribution >= 4 is 36.4 Å². The molecule has 0 radical (unpaired) electrons. The number of carbonyl (C=O) groups is 1. The number of fused-ring (bicyclic) bond motifs is 1. The number of hydrogen-bond donors (Lipinski definition) is 3. The molecule has 5 rings (SSSR count). The number of rotatable bonds is 9. The summed E-state index contributed by atoms with van der Waals surface area (Å²) in [5, 5.41) is 21.9. The Bertz CT molecular complexity index is 1580. The van der Waals surface area contributed by atoms with Gasteiger partial charge in [0.1, 0.15) is 23.9 Å². The SMILES string of the molecule is C[Si](C)(C)CCOCn1nc(-c2cn[nH]n2)c2ccc(-c3ccc(NC(=O)Nc4cccc(F)c4)cc3)cc21.